The lowest BCUT2D eigenvalue weighted by Gasteiger charge is -2.18. The highest BCUT2D eigenvalue weighted by atomic mass is 79.9. The second-order valence-electron chi connectivity index (χ2n) is 6.37. The topological polar surface area (TPSA) is 37.8 Å². The summed E-state index contributed by atoms with van der Waals surface area (Å²) in [6.45, 7) is 6.65. The van der Waals surface area contributed by atoms with E-state index in [0.717, 1.165) is 25.9 Å². The fourth-order valence-corrected chi connectivity index (χ4v) is 3.19. The zero-order valence-electron chi connectivity index (χ0n) is 13.3. The number of nitrogens with zero attached hydrogens (tertiary/aromatic N) is 2. The number of rotatable bonds is 3. The van der Waals surface area contributed by atoms with Crippen molar-refractivity contribution in [1.29, 1.82) is 0 Å². The quantitative estimate of drug-likeness (QED) is 0.597. The summed E-state index contributed by atoms with van der Waals surface area (Å²) in [7, 11) is 0. The van der Waals surface area contributed by atoms with Gasteiger partial charge in [0.2, 0.25) is 5.13 Å². The Morgan fingerprint density at radius 3 is 2.17 bits per heavy atom. The molecule has 0 aliphatic heterocycles. The summed E-state index contributed by atoms with van der Waals surface area (Å²) in [5.74, 6) is 0. The first-order valence-electron chi connectivity index (χ1n) is 7.39. The van der Waals surface area contributed by atoms with E-state index >= 15 is 0 Å². The Bertz CT molecular complexity index is 786. The molecule has 0 unspecified atom stereocenters. The normalized spacial score (nSPS) is 11.5. The van der Waals surface area contributed by atoms with Gasteiger partial charge in [0.25, 0.3) is 0 Å². The molecule has 0 aliphatic carbocycles. The average Bonchev–Trinajstić information content (AvgIpc) is 2.97. The SMILES string of the molecule is CC(C)(C)c1ccc(-c2nnc(Nc3ccc(Br)cc3)s2)cc1. The predicted octanol–water partition coefficient (Wildman–Crippen LogP) is 6.01. The van der Waals surface area contributed by atoms with Gasteiger partial charge >= 0.3 is 0 Å². The zero-order chi connectivity index (χ0) is 16.4. The van der Waals surface area contributed by atoms with Crippen LogP contribution in [0.25, 0.3) is 10.6 Å². The van der Waals surface area contributed by atoms with E-state index in [-0.39, 0.29) is 5.41 Å². The van der Waals surface area contributed by atoms with E-state index in [9.17, 15) is 0 Å². The van der Waals surface area contributed by atoms with Gasteiger partial charge in [0.15, 0.2) is 0 Å². The lowest BCUT2D eigenvalue weighted by molar-refractivity contribution is 0.590. The van der Waals surface area contributed by atoms with Crippen LogP contribution < -0.4 is 5.32 Å². The molecule has 118 valence electrons. The smallest absolute Gasteiger partial charge is 0.210 e. The third-order valence-corrected chi connectivity index (χ3v) is 4.93. The van der Waals surface area contributed by atoms with Gasteiger partial charge < -0.3 is 5.32 Å². The van der Waals surface area contributed by atoms with Crippen LogP contribution in [0.4, 0.5) is 10.8 Å². The van der Waals surface area contributed by atoms with Crippen molar-refractivity contribution in [2.45, 2.75) is 26.2 Å². The van der Waals surface area contributed by atoms with Crippen LogP contribution in [0.3, 0.4) is 0 Å². The Balaban J connectivity index is 1.77. The monoisotopic (exact) mass is 387 g/mol. The fraction of sp³-hybridized carbons (Fsp3) is 0.222. The van der Waals surface area contributed by atoms with Crippen LogP contribution in [0, 0.1) is 0 Å². The number of anilines is 2. The van der Waals surface area contributed by atoms with Crippen LogP contribution in [0.2, 0.25) is 0 Å². The number of aromatic nitrogens is 2. The molecule has 3 nitrogen and oxygen atoms in total. The third-order valence-electron chi connectivity index (χ3n) is 3.52. The Hall–Kier alpha value is -1.72. The van der Waals surface area contributed by atoms with Gasteiger partial charge in [-0.05, 0) is 35.2 Å². The number of hydrogen-bond acceptors (Lipinski definition) is 4. The molecular formula is C18H18BrN3S. The first-order chi connectivity index (χ1) is 10.9. The minimum Gasteiger partial charge on any atom is -0.330 e. The first-order valence-corrected chi connectivity index (χ1v) is 9.00. The van der Waals surface area contributed by atoms with E-state index < -0.39 is 0 Å². The van der Waals surface area contributed by atoms with Crippen molar-refractivity contribution >= 4 is 38.1 Å². The molecule has 3 rings (SSSR count). The summed E-state index contributed by atoms with van der Waals surface area (Å²) in [5, 5.41) is 13.5. The van der Waals surface area contributed by atoms with Crippen LogP contribution in [-0.4, -0.2) is 10.2 Å². The molecule has 3 aromatic rings. The molecule has 0 amide bonds. The summed E-state index contributed by atoms with van der Waals surface area (Å²) in [6.07, 6.45) is 0. The lowest BCUT2D eigenvalue weighted by atomic mass is 9.87. The van der Waals surface area contributed by atoms with Crippen LogP contribution in [0.1, 0.15) is 26.3 Å². The average molecular weight is 388 g/mol. The van der Waals surface area contributed by atoms with Crippen molar-refractivity contribution in [3.8, 4) is 10.6 Å². The molecular weight excluding hydrogens is 370 g/mol. The van der Waals surface area contributed by atoms with Crippen molar-refractivity contribution < 1.29 is 0 Å². The molecule has 2 aromatic carbocycles. The number of nitrogens with one attached hydrogen (secondary N) is 1. The van der Waals surface area contributed by atoms with Crippen LogP contribution in [0.5, 0.6) is 0 Å². The molecule has 0 fully saturated rings. The summed E-state index contributed by atoms with van der Waals surface area (Å²) in [5.41, 5.74) is 3.57. The minimum absolute atomic E-state index is 0.161. The van der Waals surface area contributed by atoms with Crippen molar-refractivity contribution in [2.75, 3.05) is 5.32 Å². The molecule has 23 heavy (non-hydrogen) atoms. The van der Waals surface area contributed by atoms with Crippen molar-refractivity contribution in [1.82, 2.24) is 10.2 Å². The molecule has 0 bridgehead atoms. The highest BCUT2D eigenvalue weighted by Gasteiger charge is 2.14. The molecule has 1 N–H and O–H groups in total. The van der Waals surface area contributed by atoms with Gasteiger partial charge in [-0.25, -0.2) is 0 Å². The molecule has 5 heteroatoms. The zero-order valence-corrected chi connectivity index (χ0v) is 15.7. The number of halogens is 1. The lowest BCUT2D eigenvalue weighted by Crippen LogP contribution is -2.10. The van der Waals surface area contributed by atoms with E-state index in [4.69, 9.17) is 0 Å². The van der Waals surface area contributed by atoms with Gasteiger partial charge in [-0.3, -0.25) is 0 Å². The second-order valence-corrected chi connectivity index (χ2v) is 8.26. The standard InChI is InChI=1S/C18H18BrN3S/c1-18(2,3)13-6-4-12(5-7-13)16-21-22-17(23-16)20-15-10-8-14(19)9-11-15/h4-11H,1-3H3,(H,20,22). The maximum absolute atomic E-state index is 4.29. The van der Waals surface area contributed by atoms with Gasteiger partial charge in [-0.1, -0.05) is 72.3 Å². The van der Waals surface area contributed by atoms with Crippen molar-refractivity contribution in [3.63, 3.8) is 0 Å². The summed E-state index contributed by atoms with van der Waals surface area (Å²) in [6, 6.07) is 16.6. The Morgan fingerprint density at radius 1 is 0.913 bits per heavy atom. The summed E-state index contributed by atoms with van der Waals surface area (Å²) < 4.78 is 1.06. The van der Waals surface area contributed by atoms with E-state index in [1.807, 2.05) is 24.3 Å². The highest BCUT2D eigenvalue weighted by molar-refractivity contribution is 9.10. The molecule has 0 aliphatic rings. The van der Waals surface area contributed by atoms with Crippen molar-refractivity contribution in [2.24, 2.45) is 0 Å². The van der Waals surface area contributed by atoms with E-state index in [2.05, 4.69) is 76.5 Å². The van der Waals surface area contributed by atoms with Crippen LogP contribution in [0.15, 0.2) is 53.0 Å². The fourth-order valence-electron chi connectivity index (χ4n) is 2.16. The minimum atomic E-state index is 0.161. The molecule has 0 atom stereocenters. The van der Waals surface area contributed by atoms with Gasteiger partial charge in [-0.15, -0.1) is 10.2 Å². The molecule has 0 saturated heterocycles. The molecule has 1 heterocycles. The maximum Gasteiger partial charge on any atom is 0.210 e. The first kappa shape index (κ1) is 16.1. The Morgan fingerprint density at radius 2 is 1.57 bits per heavy atom. The third kappa shape index (κ3) is 3.98. The van der Waals surface area contributed by atoms with E-state index in [1.54, 1.807) is 11.3 Å². The summed E-state index contributed by atoms with van der Waals surface area (Å²) >= 11 is 4.99. The molecule has 0 saturated carbocycles. The molecule has 0 spiro atoms. The van der Waals surface area contributed by atoms with Gasteiger partial charge in [0, 0.05) is 15.7 Å². The molecule has 1 aromatic heterocycles. The molecule has 0 radical (unpaired) electrons. The second kappa shape index (κ2) is 6.42. The van der Waals surface area contributed by atoms with E-state index in [1.165, 1.54) is 5.56 Å². The van der Waals surface area contributed by atoms with Crippen LogP contribution >= 0.6 is 27.3 Å². The van der Waals surface area contributed by atoms with Crippen molar-refractivity contribution in [3.05, 3.63) is 58.6 Å². The number of hydrogen-bond donors (Lipinski definition) is 1. The van der Waals surface area contributed by atoms with E-state index in [0.29, 0.717) is 0 Å². The van der Waals surface area contributed by atoms with Gasteiger partial charge in [0.1, 0.15) is 5.01 Å². The largest absolute Gasteiger partial charge is 0.330 e. The maximum atomic E-state index is 4.29. The predicted molar refractivity (Wildman–Crippen MR) is 101 cm³/mol. The Kier molecular flexibility index (Phi) is 4.50. The highest BCUT2D eigenvalue weighted by Crippen LogP contribution is 2.30. The summed E-state index contributed by atoms with van der Waals surface area (Å²) in [4.78, 5) is 0. The number of benzene rings is 2. The Labute approximate surface area is 148 Å². The van der Waals surface area contributed by atoms with Gasteiger partial charge in [-0.2, -0.15) is 0 Å². The van der Waals surface area contributed by atoms with Gasteiger partial charge in [0.05, 0.1) is 0 Å². The van der Waals surface area contributed by atoms with Crippen LogP contribution in [-0.2, 0) is 5.41 Å².